The average molecular weight is 605 g/mol. The molecule has 0 spiro atoms. The molecule has 0 bridgehead atoms. The van der Waals surface area contributed by atoms with Crippen LogP contribution in [0.25, 0.3) is 11.1 Å². The predicted molar refractivity (Wildman–Crippen MR) is 185 cm³/mol. The molecular weight excluding hydrogens is 568 g/mol. The smallest absolute Gasteiger partial charge is 0.118 e. The highest BCUT2D eigenvalue weighted by molar-refractivity contribution is 5.81. The molecule has 0 fully saturated rings. The first-order valence-electron chi connectivity index (χ1n) is 15.1. The van der Waals surface area contributed by atoms with E-state index in [9.17, 15) is 0 Å². The van der Waals surface area contributed by atoms with Crippen LogP contribution in [0, 0.1) is 11.8 Å². The van der Waals surface area contributed by atoms with Gasteiger partial charge in [-0.2, -0.15) is 0 Å². The van der Waals surface area contributed by atoms with Crippen LogP contribution in [0.1, 0.15) is 33.4 Å². The van der Waals surface area contributed by atoms with Gasteiger partial charge in [-0.15, -0.1) is 0 Å². The van der Waals surface area contributed by atoms with Crippen molar-refractivity contribution in [2.75, 3.05) is 28.4 Å². The van der Waals surface area contributed by atoms with Crippen LogP contribution in [-0.4, -0.2) is 28.4 Å². The van der Waals surface area contributed by atoms with Crippen LogP contribution in [0.2, 0.25) is 0 Å². The first-order valence-corrected chi connectivity index (χ1v) is 15.1. The summed E-state index contributed by atoms with van der Waals surface area (Å²) in [5.74, 6) is 5.49. The van der Waals surface area contributed by atoms with E-state index in [-0.39, 0.29) is 0 Å². The van der Waals surface area contributed by atoms with E-state index in [1.54, 1.807) is 28.4 Å². The molecule has 0 atom stereocenters. The average Bonchev–Trinajstić information content (AvgIpc) is 3.13. The van der Waals surface area contributed by atoms with Gasteiger partial charge in [-0.25, -0.2) is 0 Å². The second-order valence-electron chi connectivity index (χ2n) is 10.8. The summed E-state index contributed by atoms with van der Waals surface area (Å²) in [4.78, 5) is 0. The highest BCUT2D eigenvalue weighted by Gasteiger charge is 2.26. The minimum Gasteiger partial charge on any atom is -0.497 e. The Labute approximate surface area is 271 Å². The lowest BCUT2D eigenvalue weighted by Gasteiger charge is -2.25. The van der Waals surface area contributed by atoms with Crippen molar-refractivity contribution >= 4 is 0 Å². The Hall–Kier alpha value is -5.48. The Morgan fingerprint density at radius 3 is 0.783 bits per heavy atom. The fraction of sp³-hybridized carbons (Fsp3) is 0.0952. The monoisotopic (exact) mass is 604 g/mol. The molecule has 0 saturated carbocycles. The maximum absolute atomic E-state index is 5.49. The van der Waals surface area contributed by atoms with Crippen LogP contribution in [0.15, 0.2) is 146 Å². The summed E-state index contributed by atoms with van der Waals surface area (Å²) in [7, 11) is 6.76. The zero-order chi connectivity index (χ0) is 31.9. The zero-order valence-electron chi connectivity index (χ0n) is 26.5. The largest absolute Gasteiger partial charge is 0.497 e. The third-order valence-electron chi connectivity index (χ3n) is 8.20. The van der Waals surface area contributed by atoms with Gasteiger partial charge < -0.3 is 18.9 Å². The van der Waals surface area contributed by atoms with Crippen molar-refractivity contribution in [3.8, 4) is 34.1 Å². The molecule has 2 radical (unpaired) electrons. The second kappa shape index (κ2) is 14.1. The van der Waals surface area contributed by atoms with Gasteiger partial charge in [-0.1, -0.05) is 97.1 Å². The summed E-state index contributed by atoms with van der Waals surface area (Å²) in [6.45, 7) is 0. The van der Waals surface area contributed by atoms with Gasteiger partial charge in [-0.3, -0.25) is 0 Å². The van der Waals surface area contributed by atoms with Crippen LogP contribution in [0.4, 0.5) is 0 Å². The van der Waals surface area contributed by atoms with Crippen LogP contribution < -0.4 is 18.9 Å². The standard InChI is InChI=1S/C42H36O4/c1-43-33-21-13-29(14-22-33)41(30-15-23-34(44-2)24-16-30)39-11-7-5-9-37(39)38-10-6-8-12-40(38)42(31-17-25-35(45-3)26-18-31)32-19-27-36(46-4)28-20-32/h5-28H,1-4H3. The topological polar surface area (TPSA) is 36.9 Å². The van der Waals surface area contributed by atoms with E-state index in [0.29, 0.717) is 0 Å². The third-order valence-corrected chi connectivity index (χ3v) is 8.20. The summed E-state index contributed by atoms with van der Waals surface area (Å²) >= 11 is 0. The Morgan fingerprint density at radius 2 is 0.543 bits per heavy atom. The van der Waals surface area contributed by atoms with Crippen molar-refractivity contribution in [3.05, 3.63) is 191 Å². The maximum atomic E-state index is 5.49. The van der Waals surface area contributed by atoms with Crippen LogP contribution >= 0.6 is 0 Å². The van der Waals surface area contributed by atoms with Gasteiger partial charge >= 0.3 is 0 Å². The van der Waals surface area contributed by atoms with Gasteiger partial charge in [0, 0.05) is 0 Å². The van der Waals surface area contributed by atoms with Crippen molar-refractivity contribution in [1.29, 1.82) is 0 Å². The Balaban J connectivity index is 1.55. The Kier molecular flexibility index (Phi) is 9.35. The molecule has 0 aliphatic rings. The number of methoxy groups -OCH3 is 4. The van der Waals surface area contributed by atoms with Crippen LogP contribution in [0.5, 0.6) is 23.0 Å². The van der Waals surface area contributed by atoms with Gasteiger partial charge in [0.05, 0.1) is 40.3 Å². The van der Waals surface area contributed by atoms with Gasteiger partial charge in [0.1, 0.15) is 23.0 Å². The summed E-state index contributed by atoms with van der Waals surface area (Å²) in [6, 6.07) is 50.3. The third kappa shape index (κ3) is 6.33. The Bertz CT molecular complexity index is 1620. The molecule has 0 amide bonds. The molecule has 46 heavy (non-hydrogen) atoms. The second-order valence-corrected chi connectivity index (χ2v) is 10.8. The molecule has 0 unspecified atom stereocenters. The fourth-order valence-electron chi connectivity index (χ4n) is 5.86. The van der Waals surface area contributed by atoms with Gasteiger partial charge in [-0.05, 0) is 93.0 Å². The molecule has 4 heteroatoms. The van der Waals surface area contributed by atoms with Crippen molar-refractivity contribution in [3.63, 3.8) is 0 Å². The zero-order valence-corrected chi connectivity index (χ0v) is 26.5. The fourth-order valence-corrected chi connectivity index (χ4v) is 5.86. The van der Waals surface area contributed by atoms with E-state index < -0.39 is 0 Å². The number of benzene rings is 6. The van der Waals surface area contributed by atoms with E-state index in [0.717, 1.165) is 79.3 Å². The van der Waals surface area contributed by atoms with E-state index in [1.165, 1.54) is 0 Å². The molecule has 0 aliphatic carbocycles. The van der Waals surface area contributed by atoms with Crippen LogP contribution in [0.3, 0.4) is 0 Å². The molecule has 228 valence electrons. The predicted octanol–water partition coefficient (Wildman–Crippen LogP) is 9.43. The van der Waals surface area contributed by atoms with E-state index >= 15 is 0 Å². The minimum absolute atomic E-state index is 0.815. The molecule has 6 aromatic carbocycles. The molecule has 4 nitrogen and oxygen atoms in total. The minimum atomic E-state index is 0.815. The number of hydrogen-bond acceptors (Lipinski definition) is 4. The normalized spacial score (nSPS) is 11.0. The van der Waals surface area contributed by atoms with Crippen molar-refractivity contribution in [2.45, 2.75) is 0 Å². The summed E-state index contributed by atoms with van der Waals surface area (Å²) in [6.07, 6.45) is 0. The Morgan fingerprint density at radius 1 is 0.304 bits per heavy atom. The summed E-state index contributed by atoms with van der Waals surface area (Å²) < 4.78 is 22.0. The lowest BCUT2D eigenvalue weighted by molar-refractivity contribution is 0.414. The molecular formula is C42H36O4. The first-order chi connectivity index (χ1) is 22.6. The highest BCUT2D eigenvalue weighted by Crippen LogP contribution is 2.43. The highest BCUT2D eigenvalue weighted by atomic mass is 16.5. The van der Waals surface area contributed by atoms with E-state index in [2.05, 4.69) is 97.1 Å². The number of hydrogen-bond donors (Lipinski definition) is 0. The molecule has 6 aromatic rings. The maximum Gasteiger partial charge on any atom is 0.118 e. The van der Waals surface area contributed by atoms with Gasteiger partial charge in [0.2, 0.25) is 0 Å². The molecule has 0 heterocycles. The lowest BCUT2D eigenvalue weighted by Crippen LogP contribution is -2.09. The molecule has 0 aromatic heterocycles. The summed E-state index contributed by atoms with van der Waals surface area (Å²) in [5, 5.41) is 0. The van der Waals surface area contributed by atoms with Crippen molar-refractivity contribution in [2.24, 2.45) is 0 Å². The van der Waals surface area contributed by atoms with Gasteiger partial charge in [0.15, 0.2) is 0 Å². The SMILES string of the molecule is COc1ccc([C](c2ccc(OC)cc2)c2ccccc2-c2ccccc2[C](c2ccc(OC)cc2)c2ccc(OC)cc2)cc1. The van der Waals surface area contributed by atoms with Crippen molar-refractivity contribution < 1.29 is 18.9 Å². The lowest BCUT2D eigenvalue weighted by atomic mass is 9.77. The molecule has 0 N–H and O–H groups in total. The van der Waals surface area contributed by atoms with Crippen molar-refractivity contribution in [1.82, 2.24) is 0 Å². The summed E-state index contributed by atoms with van der Waals surface area (Å²) in [5.41, 5.74) is 8.84. The number of ether oxygens (including phenoxy) is 4. The first kappa shape index (κ1) is 30.5. The quantitative estimate of drug-likeness (QED) is 0.138. The van der Waals surface area contributed by atoms with E-state index in [1.807, 2.05) is 48.5 Å². The van der Waals surface area contributed by atoms with Gasteiger partial charge in [0.25, 0.3) is 0 Å². The molecule has 0 saturated heterocycles. The van der Waals surface area contributed by atoms with E-state index in [4.69, 9.17) is 18.9 Å². The number of rotatable bonds is 11. The van der Waals surface area contributed by atoms with Crippen LogP contribution in [-0.2, 0) is 0 Å². The molecule has 6 rings (SSSR count). The molecule has 0 aliphatic heterocycles.